The lowest BCUT2D eigenvalue weighted by atomic mass is 9.92. The van der Waals surface area contributed by atoms with E-state index in [4.69, 9.17) is 16.6 Å². The third kappa shape index (κ3) is 4.54. The highest BCUT2D eigenvalue weighted by atomic mass is 16.4. The zero-order chi connectivity index (χ0) is 12.8. The maximum Gasteiger partial charge on any atom is 0.322 e. The van der Waals surface area contributed by atoms with Crippen molar-refractivity contribution < 1.29 is 9.90 Å². The first-order valence-electron chi connectivity index (χ1n) is 5.78. The van der Waals surface area contributed by atoms with Crippen molar-refractivity contribution in [3.8, 4) is 0 Å². The van der Waals surface area contributed by atoms with Crippen molar-refractivity contribution in [1.82, 2.24) is 0 Å². The minimum absolute atomic E-state index is 0.317. The number of carboxylic acid groups (broad SMARTS) is 1. The van der Waals surface area contributed by atoms with Gasteiger partial charge in [-0.3, -0.25) is 4.79 Å². The maximum atomic E-state index is 10.7. The number of nitrogens with two attached hydrogens (primary N) is 2. The van der Waals surface area contributed by atoms with Gasteiger partial charge in [0.15, 0.2) is 0 Å². The molecule has 0 aliphatic carbocycles. The van der Waals surface area contributed by atoms with Gasteiger partial charge in [-0.25, -0.2) is 0 Å². The van der Waals surface area contributed by atoms with Crippen LogP contribution in [0.3, 0.4) is 0 Å². The van der Waals surface area contributed by atoms with E-state index in [1.165, 1.54) is 5.56 Å². The molecule has 0 bridgehead atoms. The molecule has 0 radical (unpaired) electrons. The SMILES string of the molecule is C[C@H](Cc1ccccc1)C[C@H](N)C(N)C(=O)O. The second-order valence-electron chi connectivity index (χ2n) is 4.56. The lowest BCUT2D eigenvalue weighted by Gasteiger charge is -2.20. The highest BCUT2D eigenvalue weighted by molar-refractivity contribution is 5.74. The number of benzene rings is 1. The molecule has 0 amide bonds. The van der Waals surface area contributed by atoms with Crippen LogP contribution < -0.4 is 11.5 Å². The Morgan fingerprint density at radius 2 is 1.88 bits per heavy atom. The standard InChI is InChI=1S/C13H20N2O2/c1-9(7-10-5-3-2-4-6-10)8-11(14)12(15)13(16)17/h2-6,9,11-12H,7-8,14-15H2,1H3,(H,16,17)/t9-,11+,12?/m1/s1. The molecular weight excluding hydrogens is 216 g/mol. The molecule has 4 heteroatoms. The van der Waals surface area contributed by atoms with Crippen molar-refractivity contribution in [3.05, 3.63) is 35.9 Å². The van der Waals surface area contributed by atoms with Gasteiger partial charge in [0.1, 0.15) is 6.04 Å². The molecule has 1 unspecified atom stereocenters. The first kappa shape index (κ1) is 13.7. The lowest BCUT2D eigenvalue weighted by molar-refractivity contribution is -0.139. The molecule has 1 rings (SSSR count). The van der Waals surface area contributed by atoms with Crippen molar-refractivity contribution in [2.75, 3.05) is 0 Å². The fourth-order valence-electron chi connectivity index (χ4n) is 1.89. The predicted octanol–water partition coefficient (Wildman–Crippen LogP) is 0.994. The lowest BCUT2D eigenvalue weighted by Crippen LogP contribution is -2.47. The first-order chi connectivity index (χ1) is 8.00. The quantitative estimate of drug-likeness (QED) is 0.687. The zero-order valence-electron chi connectivity index (χ0n) is 10.0. The van der Waals surface area contributed by atoms with Crippen LogP contribution in [0, 0.1) is 5.92 Å². The normalized spacial score (nSPS) is 16.2. The summed E-state index contributed by atoms with van der Waals surface area (Å²) < 4.78 is 0. The third-order valence-corrected chi connectivity index (χ3v) is 2.85. The van der Waals surface area contributed by atoms with Crippen LogP contribution in [0.5, 0.6) is 0 Å². The van der Waals surface area contributed by atoms with Gasteiger partial charge >= 0.3 is 5.97 Å². The Kier molecular flexibility index (Phi) is 5.12. The Balaban J connectivity index is 2.44. The van der Waals surface area contributed by atoms with E-state index in [0.717, 1.165) is 6.42 Å². The molecule has 0 heterocycles. The van der Waals surface area contributed by atoms with E-state index < -0.39 is 18.1 Å². The largest absolute Gasteiger partial charge is 0.480 e. The van der Waals surface area contributed by atoms with E-state index >= 15 is 0 Å². The van der Waals surface area contributed by atoms with Gasteiger partial charge in [0.2, 0.25) is 0 Å². The Bertz CT molecular complexity index is 354. The predicted molar refractivity (Wildman–Crippen MR) is 67.5 cm³/mol. The molecule has 17 heavy (non-hydrogen) atoms. The summed E-state index contributed by atoms with van der Waals surface area (Å²) in [6, 6.07) is 8.59. The zero-order valence-corrected chi connectivity index (χ0v) is 10.0. The molecule has 1 aromatic carbocycles. The second kappa shape index (κ2) is 6.37. The smallest absolute Gasteiger partial charge is 0.322 e. The van der Waals surface area contributed by atoms with Crippen LogP contribution in [0.4, 0.5) is 0 Å². The number of hydrogen-bond acceptors (Lipinski definition) is 3. The van der Waals surface area contributed by atoms with Gasteiger partial charge in [-0.05, 0) is 24.3 Å². The summed E-state index contributed by atoms with van der Waals surface area (Å²) in [4.78, 5) is 10.7. The average Bonchev–Trinajstić information content (AvgIpc) is 2.28. The average molecular weight is 236 g/mol. The highest BCUT2D eigenvalue weighted by Crippen LogP contribution is 2.13. The summed E-state index contributed by atoms with van der Waals surface area (Å²) in [6.07, 6.45) is 1.50. The van der Waals surface area contributed by atoms with Gasteiger partial charge in [-0.1, -0.05) is 37.3 Å². The van der Waals surface area contributed by atoms with E-state index in [0.29, 0.717) is 12.3 Å². The van der Waals surface area contributed by atoms with Crippen LogP contribution in [-0.4, -0.2) is 23.2 Å². The van der Waals surface area contributed by atoms with Crippen molar-refractivity contribution in [2.45, 2.75) is 31.8 Å². The molecule has 0 aliphatic rings. The Hall–Kier alpha value is -1.39. The van der Waals surface area contributed by atoms with E-state index in [9.17, 15) is 4.79 Å². The number of aliphatic carboxylic acids is 1. The first-order valence-corrected chi connectivity index (χ1v) is 5.78. The van der Waals surface area contributed by atoms with Crippen LogP contribution in [-0.2, 0) is 11.2 Å². The molecule has 4 nitrogen and oxygen atoms in total. The van der Waals surface area contributed by atoms with Crippen LogP contribution in [0.25, 0.3) is 0 Å². The van der Waals surface area contributed by atoms with E-state index in [2.05, 4.69) is 19.1 Å². The summed E-state index contributed by atoms with van der Waals surface area (Å²) in [6.45, 7) is 2.06. The van der Waals surface area contributed by atoms with Gasteiger partial charge in [-0.2, -0.15) is 0 Å². The third-order valence-electron chi connectivity index (χ3n) is 2.85. The van der Waals surface area contributed by atoms with E-state index in [1.54, 1.807) is 0 Å². The highest BCUT2D eigenvalue weighted by Gasteiger charge is 2.22. The molecule has 0 spiro atoms. The maximum absolute atomic E-state index is 10.7. The number of carboxylic acids is 1. The summed E-state index contributed by atoms with van der Waals surface area (Å²) in [5.74, 6) is -0.720. The molecule has 0 aliphatic heterocycles. The number of carbonyl (C=O) groups is 1. The van der Waals surface area contributed by atoms with Crippen LogP contribution in [0.1, 0.15) is 18.9 Å². The molecule has 3 atom stereocenters. The molecule has 0 saturated carbocycles. The molecule has 1 aromatic rings. The van der Waals surface area contributed by atoms with Gasteiger partial charge in [0.05, 0.1) is 0 Å². The summed E-state index contributed by atoms with van der Waals surface area (Å²) in [5.41, 5.74) is 12.5. The van der Waals surface area contributed by atoms with Gasteiger partial charge < -0.3 is 16.6 Å². The van der Waals surface area contributed by atoms with Crippen molar-refractivity contribution in [2.24, 2.45) is 17.4 Å². The summed E-state index contributed by atoms with van der Waals surface area (Å²) in [7, 11) is 0. The van der Waals surface area contributed by atoms with Gasteiger partial charge in [-0.15, -0.1) is 0 Å². The van der Waals surface area contributed by atoms with Crippen molar-refractivity contribution in [1.29, 1.82) is 0 Å². The fourth-order valence-corrected chi connectivity index (χ4v) is 1.89. The molecule has 5 N–H and O–H groups in total. The topological polar surface area (TPSA) is 89.3 Å². The fraction of sp³-hybridized carbons (Fsp3) is 0.462. The monoisotopic (exact) mass is 236 g/mol. The van der Waals surface area contributed by atoms with Crippen molar-refractivity contribution >= 4 is 5.97 Å². The van der Waals surface area contributed by atoms with Gasteiger partial charge in [0.25, 0.3) is 0 Å². The summed E-state index contributed by atoms with van der Waals surface area (Å²) in [5, 5.41) is 8.75. The van der Waals surface area contributed by atoms with Crippen molar-refractivity contribution in [3.63, 3.8) is 0 Å². The van der Waals surface area contributed by atoms with Crippen LogP contribution in [0.15, 0.2) is 30.3 Å². The van der Waals surface area contributed by atoms with Crippen LogP contribution in [0.2, 0.25) is 0 Å². The second-order valence-corrected chi connectivity index (χ2v) is 4.56. The molecule has 0 aromatic heterocycles. The Labute approximate surface area is 102 Å². The minimum Gasteiger partial charge on any atom is -0.480 e. The molecule has 0 saturated heterocycles. The van der Waals surface area contributed by atoms with E-state index in [1.807, 2.05) is 18.2 Å². The molecule has 94 valence electrons. The summed E-state index contributed by atoms with van der Waals surface area (Å²) >= 11 is 0. The van der Waals surface area contributed by atoms with E-state index in [-0.39, 0.29) is 0 Å². The Morgan fingerprint density at radius 1 is 1.29 bits per heavy atom. The molecular formula is C13H20N2O2. The van der Waals surface area contributed by atoms with Crippen LogP contribution >= 0.6 is 0 Å². The molecule has 0 fully saturated rings. The minimum atomic E-state index is -1.04. The Morgan fingerprint density at radius 3 is 2.41 bits per heavy atom. The number of rotatable bonds is 6. The number of hydrogen-bond donors (Lipinski definition) is 3. The van der Waals surface area contributed by atoms with Gasteiger partial charge in [0, 0.05) is 6.04 Å².